The molecule has 0 atom stereocenters. The molecule has 0 unspecified atom stereocenters. The van der Waals surface area contributed by atoms with Gasteiger partial charge in [-0.25, -0.2) is 8.42 Å². The zero-order chi connectivity index (χ0) is 17.3. The predicted molar refractivity (Wildman–Crippen MR) is 90.3 cm³/mol. The molecule has 126 valence electrons. The highest BCUT2D eigenvalue weighted by molar-refractivity contribution is 7.89. The van der Waals surface area contributed by atoms with Gasteiger partial charge in [0.1, 0.15) is 23.0 Å². The van der Waals surface area contributed by atoms with Crippen LogP contribution in [0, 0.1) is 11.8 Å². The molecule has 24 heavy (non-hydrogen) atoms. The molecule has 0 saturated carbocycles. The van der Waals surface area contributed by atoms with Crippen molar-refractivity contribution in [2.24, 2.45) is 0 Å². The third-order valence-electron chi connectivity index (χ3n) is 2.86. The van der Waals surface area contributed by atoms with Gasteiger partial charge < -0.3 is 9.47 Å². The molecule has 0 saturated heterocycles. The summed E-state index contributed by atoms with van der Waals surface area (Å²) in [6.45, 7) is 2.32. The van der Waals surface area contributed by atoms with E-state index in [1.807, 2.05) is 0 Å². The number of hydrogen-bond acceptors (Lipinski definition) is 5. The number of rotatable bonds is 7. The van der Waals surface area contributed by atoms with Crippen LogP contribution in [0.3, 0.4) is 0 Å². The number of para-hydroxylation sites is 1. The molecule has 0 radical (unpaired) electrons. The highest BCUT2D eigenvalue weighted by Gasteiger charge is 2.17. The first kappa shape index (κ1) is 17.8. The van der Waals surface area contributed by atoms with Crippen LogP contribution in [0.2, 0.25) is 0 Å². The number of aromatic nitrogens is 1. The first-order chi connectivity index (χ1) is 11.6. The molecular weight excluding hydrogens is 328 g/mol. The highest BCUT2D eigenvalue weighted by Crippen LogP contribution is 2.22. The summed E-state index contributed by atoms with van der Waals surface area (Å²) in [7, 11) is -3.68. The van der Waals surface area contributed by atoms with Crippen LogP contribution in [-0.2, 0) is 10.0 Å². The Bertz CT molecular complexity index is 811. The molecule has 1 N–H and O–H groups in total. The molecule has 0 aliphatic rings. The Labute approximate surface area is 141 Å². The quantitative estimate of drug-likeness (QED) is 0.774. The van der Waals surface area contributed by atoms with Gasteiger partial charge in [-0.15, -0.1) is 0 Å². The zero-order valence-corrected chi connectivity index (χ0v) is 14.0. The van der Waals surface area contributed by atoms with Gasteiger partial charge in [-0.3, -0.25) is 4.98 Å². The van der Waals surface area contributed by atoms with Gasteiger partial charge in [-0.2, -0.15) is 4.72 Å². The van der Waals surface area contributed by atoms with E-state index in [-0.39, 0.29) is 18.0 Å². The Morgan fingerprint density at radius 1 is 1.12 bits per heavy atom. The SMILES string of the molecule is CCOc1ccccc1S(=O)(=O)NCC#CCOc1cccnc1. The fourth-order valence-electron chi connectivity index (χ4n) is 1.82. The summed E-state index contributed by atoms with van der Waals surface area (Å²) < 4.78 is 37.7. The summed E-state index contributed by atoms with van der Waals surface area (Å²) in [5.41, 5.74) is 0. The Kier molecular flexibility index (Phi) is 6.61. The van der Waals surface area contributed by atoms with Gasteiger partial charge in [-0.05, 0) is 31.2 Å². The van der Waals surface area contributed by atoms with Crippen molar-refractivity contribution >= 4 is 10.0 Å². The smallest absolute Gasteiger partial charge is 0.245 e. The van der Waals surface area contributed by atoms with Gasteiger partial charge in [0.2, 0.25) is 10.0 Å². The third kappa shape index (κ3) is 5.26. The predicted octanol–water partition coefficient (Wildman–Crippen LogP) is 1.84. The Hall–Kier alpha value is -2.56. The average molecular weight is 346 g/mol. The number of hydrogen-bond donors (Lipinski definition) is 1. The van der Waals surface area contributed by atoms with Crippen LogP contribution >= 0.6 is 0 Å². The summed E-state index contributed by atoms with van der Waals surface area (Å²) >= 11 is 0. The molecule has 1 aromatic carbocycles. The maximum absolute atomic E-state index is 12.3. The summed E-state index contributed by atoms with van der Waals surface area (Å²) in [6, 6.07) is 10.00. The summed E-state index contributed by atoms with van der Waals surface area (Å²) in [5.74, 6) is 6.38. The molecular formula is C17H18N2O4S. The Balaban J connectivity index is 1.89. The van der Waals surface area contributed by atoms with Crippen LogP contribution in [0.4, 0.5) is 0 Å². The first-order valence-corrected chi connectivity index (χ1v) is 8.82. The van der Waals surface area contributed by atoms with Crippen LogP contribution < -0.4 is 14.2 Å². The summed E-state index contributed by atoms with van der Waals surface area (Å²) in [4.78, 5) is 4.01. The maximum Gasteiger partial charge on any atom is 0.245 e. The van der Waals surface area contributed by atoms with E-state index in [4.69, 9.17) is 9.47 Å². The lowest BCUT2D eigenvalue weighted by molar-refractivity contribution is 0.331. The molecule has 0 spiro atoms. The van der Waals surface area contributed by atoms with Gasteiger partial charge in [0, 0.05) is 6.20 Å². The van der Waals surface area contributed by atoms with Crippen LogP contribution in [0.1, 0.15) is 6.92 Å². The van der Waals surface area contributed by atoms with Crippen molar-refractivity contribution < 1.29 is 17.9 Å². The average Bonchev–Trinajstić information content (AvgIpc) is 2.59. The fourth-order valence-corrected chi connectivity index (χ4v) is 2.89. The number of nitrogens with one attached hydrogen (secondary N) is 1. The van der Waals surface area contributed by atoms with Gasteiger partial charge >= 0.3 is 0 Å². The van der Waals surface area contributed by atoms with E-state index in [1.54, 1.807) is 49.6 Å². The second-order valence-electron chi connectivity index (χ2n) is 4.54. The maximum atomic E-state index is 12.3. The lowest BCUT2D eigenvalue weighted by Gasteiger charge is -2.10. The molecule has 2 aromatic rings. The standard InChI is InChI=1S/C17H18N2O4S/c1-2-22-16-9-3-4-10-17(16)24(20,21)19-12-5-6-13-23-15-8-7-11-18-14-15/h3-4,7-11,14,19H,2,12-13H2,1H3. The molecule has 0 aliphatic heterocycles. The summed E-state index contributed by atoms with van der Waals surface area (Å²) in [5, 5.41) is 0. The van der Waals surface area contributed by atoms with Crippen LogP contribution in [-0.4, -0.2) is 33.2 Å². The van der Waals surface area contributed by atoms with Gasteiger partial charge in [0.05, 0.1) is 19.3 Å². The highest BCUT2D eigenvalue weighted by atomic mass is 32.2. The lowest BCUT2D eigenvalue weighted by atomic mass is 10.3. The van der Waals surface area contributed by atoms with E-state index in [1.165, 1.54) is 6.07 Å². The van der Waals surface area contributed by atoms with Crippen LogP contribution in [0.15, 0.2) is 53.7 Å². The van der Waals surface area contributed by atoms with Gasteiger partial charge in [0.15, 0.2) is 0 Å². The van der Waals surface area contributed by atoms with Crippen molar-refractivity contribution in [1.82, 2.24) is 9.71 Å². The number of nitrogens with zero attached hydrogens (tertiary/aromatic N) is 1. The number of sulfonamides is 1. The molecule has 0 amide bonds. The summed E-state index contributed by atoms with van der Waals surface area (Å²) in [6.07, 6.45) is 3.22. The monoisotopic (exact) mass is 346 g/mol. The molecule has 1 aromatic heterocycles. The zero-order valence-electron chi connectivity index (χ0n) is 13.2. The molecule has 2 rings (SSSR count). The van der Waals surface area contributed by atoms with E-state index in [9.17, 15) is 8.42 Å². The largest absolute Gasteiger partial charge is 0.492 e. The Morgan fingerprint density at radius 2 is 1.96 bits per heavy atom. The lowest BCUT2D eigenvalue weighted by Crippen LogP contribution is -2.24. The van der Waals surface area contributed by atoms with E-state index in [0.717, 1.165) is 0 Å². The Morgan fingerprint density at radius 3 is 2.71 bits per heavy atom. The first-order valence-electron chi connectivity index (χ1n) is 7.33. The third-order valence-corrected chi connectivity index (χ3v) is 4.30. The van der Waals surface area contributed by atoms with Crippen molar-refractivity contribution in [3.8, 4) is 23.3 Å². The molecule has 6 nitrogen and oxygen atoms in total. The van der Waals surface area contributed by atoms with Crippen molar-refractivity contribution in [2.75, 3.05) is 19.8 Å². The van der Waals surface area contributed by atoms with Crippen molar-refractivity contribution in [3.05, 3.63) is 48.8 Å². The fraction of sp³-hybridized carbons (Fsp3) is 0.235. The number of benzene rings is 1. The second-order valence-corrected chi connectivity index (χ2v) is 6.27. The molecule has 0 bridgehead atoms. The van der Waals surface area contributed by atoms with Gasteiger partial charge in [-0.1, -0.05) is 24.0 Å². The van der Waals surface area contributed by atoms with Crippen molar-refractivity contribution in [1.29, 1.82) is 0 Å². The number of pyridine rings is 1. The van der Waals surface area contributed by atoms with E-state index in [2.05, 4.69) is 21.5 Å². The van der Waals surface area contributed by atoms with E-state index < -0.39 is 10.0 Å². The number of ether oxygens (including phenoxy) is 2. The molecule has 0 aliphatic carbocycles. The van der Waals surface area contributed by atoms with Crippen molar-refractivity contribution in [3.63, 3.8) is 0 Å². The molecule has 7 heteroatoms. The topological polar surface area (TPSA) is 77.5 Å². The minimum atomic E-state index is -3.68. The van der Waals surface area contributed by atoms with E-state index in [0.29, 0.717) is 18.1 Å². The normalized spacial score (nSPS) is 10.5. The molecule has 1 heterocycles. The minimum Gasteiger partial charge on any atom is -0.492 e. The van der Waals surface area contributed by atoms with Crippen LogP contribution in [0.25, 0.3) is 0 Å². The van der Waals surface area contributed by atoms with Crippen molar-refractivity contribution in [2.45, 2.75) is 11.8 Å². The van der Waals surface area contributed by atoms with Crippen LogP contribution in [0.5, 0.6) is 11.5 Å². The van der Waals surface area contributed by atoms with E-state index >= 15 is 0 Å². The molecule has 0 fully saturated rings. The van der Waals surface area contributed by atoms with Gasteiger partial charge in [0.25, 0.3) is 0 Å². The minimum absolute atomic E-state index is 0.0147. The second kappa shape index (κ2) is 8.91.